The molecule has 1 heterocycles. The van der Waals surface area contributed by atoms with Crippen molar-refractivity contribution in [2.24, 2.45) is 5.92 Å². The van der Waals surface area contributed by atoms with Gasteiger partial charge in [0.25, 0.3) is 0 Å². The van der Waals surface area contributed by atoms with Crippen molar-refractivity contribution in [3.05, 3.63) is 48.3 Å². The molecule has 3 rings (SSSR count). The Bertz CT molecular complexity index is 719. The van der Waals surface area contributed by atoms with Crippen LogP contribution in [-0.4, -0.2) is 32.8 Å². The molecule has 0 bridgehead atoms. The molecule has 1 fully saturated rings. The summed E-state index contributed by atoms with van der Waals surface area (Å²) in [5.74, 6) is -0.955. The topological polar surface area (TPSA) is 84.2 Å². The fraction of sp³-hybridized carbons (Fsp3) is 0.421. The Morgan fingerprint density at radius 1 is 1.16 bits per heavy atom. The fourth-order valence-corrected chi connectivity index (χ4v) is 3.25. The molecule has 1 aromatic heterocycles. The first-order chi connectivity index (χ1) is 12.1. The molecule has 1 aromatic carbocycles. The summed E-state index contributed by atoms with van der Waals surface area (Å²) in [5, 5.41) is 16.4. The summed E-state index contributed by atoms with van der Waals surface area (Å²) in [5.41, 5.74) is 2.02. The molecule has 2 aromatic rings. The molecule has 0 aliphatic heterocycles. The molecule has 25 heavy (non-hydrogen) atoms. The molecule has 0 saturated heterocycles. The van der Waals surface area contributed by atoms with Gasteiger partial charge in [0.05, 0.1) is 17.8 Å². The Morgan fingerprint density at radius 2 is 1.88 bits per heavy atom. The number of para-hydroxylation sites is 1. The molecule has 132 valence electrons. The first-order valence-corrected chi connectivity index (χ1v) is 8.73. The summed E-state index contributed by atoms with van der Waals surface area (Å²) < 4.78 is 1.81. The maximum absolute atomic E-state index is 12.1. The van der Waals surface area contributed by atoms with E-state index in [9.17, 15) is 9.59 Å². The van der Waals surface area contributed by atoms with E-state index in [-0.39, 0.29) is 17.9 Å². The van der Waals surface area contributed by atoms with E-state index < -0.39 is 5.97 Å². The molecule has 1 amide bonds. The normalized spacial score (nSPS) is 20.2. The maximum atomic E-state index is 12.1. The zero-order valence-electron chi connectivity index (χ0n) is 14.1. The van der Waals surface area contributed by atoms with Crippen molar-refractivity contribution in [2.75, 3.05) is 0 Å². The second-order valence-electron chi connectivity index (χ2n) is 6.58. The molecule has 0 atom stereocenters. The van der Waals surface area contributed by atoms with Crippen LogP contribution in [0.5, 0.6) is 0 Å². The van der Waals surface area contributed by atoms with E-state index in [1.54, 1.807) is 10.9 Å². The summed E-state index contributed by atoms with van der Waals surface area (Å²) >= 11 is 0. The Labute approximate surface area is 146 Å². The molecule has 6 nitrogen and oxygen atoms in total. The average molecular weight is 341 g/mol. The Hall–Kier alpha value is -2.63. The van der Waals surface area contributed by atoms with Crippen molar-refractivity contribution in [1.82, 2.24) is 15.1 Å². The average Bonchev–Trinajstić information content (AvgIpc) is 3.10. The number of carbonyl (C=O) groups is 2. The smallest absolute Gasteiger partial charge is 0.306 e. The first-order valence-electron chi connectivity index (χ1n) is 8.73. The van der Waals surface area contributed by atoms with Crippen LogP contribution in [0.3, 0.4) is 0 Å². The minimum atomic E-state index is -0.722. The number of hydrogen-bond donors (Lipinski definition) is 2. The van der Waals surface area contributed by atoms with Crippen LogP contribution >= 0.6 is 0 Å². The number of rotatable bonds is 6. The molecule has 1 aliphatic rings. The molecule has 0 radical (unpaired) electrons. The van der Waals surface area contributed by atoms with Crippen LogP contribution in [0.15, 0.2) is 42.7 Å². The quantitative estimate of drug-likeness (QED) is 0.846. The zero-order chi connectivity index (χ0) is 17.6. The lowest BCUT2D eigenvalue weighted by atomic mass is 9.86. The van der Waals surface area contributed by atoms with E-state index in [0.717, 1.165) is 24.1 Å². The van der Waals surface area contributed by atoms with Crippen molar-refractivity contribution in [1.29, 1.82) is 0 Å². The first kappa shape index (κ1) is 17.2. The molecule has 0 unspecified atom stereocenters. The van der Waals surface area contributed by atoms with E-state index in [2.05, 4.69) is 10.4 Å². The maximum Gasteiger partial charge on any atom is 0.306 e. The fourth-order valence-electron chi connectivity index (χ4n) is 3.25. The highest BCUT2D eigenvalue weighted by atomic mass is 16.4. The van der Waals surface area contributed by atoms with Crippen molar-refractivity contribution in [3.63, 3.8) is 0 Å². The van der Waals surface area contributed by atoms with E-state index in [1.807, 2.05) is 36.5 Å². The van der Waals surface area contributed by atoms with Crippen LogP contribution in [0.1, 0.15) is 37.7 Å². The number of hydrogen-bond acceptors (Lipinski definition) is 3. The summed E-state index contributed by atoms with van der Waals surface area (Å²) in [7, 11) is 0. The summed E-state index contributed by atoms with van der Waals surface area (Å²) in [4.78, 5) is 23.1. The Morgan fingerprint density at radius 3 is 2.56 bits per heavy atom. The van der Waals surface area contributed by atoms with Crippen molar-refractivity contribution < 1.29 is 14.7 Å². The highest BCUT2D eigenvalue weighted by Crippen LogP contribution is 2.24. The van der Waals surface area contributed by atoms with Crippen LogP contribution in [0.4, 0.5) is 0 Å². The molecular formula is C19H23N3O3. The Balaban J connectivity index is 1.44. The molecule has 6 heteroatoms. The van der Waals surface area contributed by atoms with E-state index in [0.29, 0.717) is 25.7 Å². The molecule has 1 saturated carbocycles. The number of nitrogens with zero attached hydrogens (tertiary/aromatic N) is 2. The lowest BCUT2D eigenvalue weighted by molar-refractivity contribution is -0.142. The van der Waals surface area contributed by atoms with Gasteiger partial charge >= 0.3 is 5.97 Å². The monoisotopic (exact) mass is 341 g/mol. The van der Waals surface area contributed by atoms with Crippen LogP contribution in [0, 0.1) is 5.92 Å². The largest absolute Gasteiger partial charge is 0.481 e. The van der Waals surface area contributed by atoms with Gasteiger partial charge in [0.2, 0.25) is 5.91 Å². The summed E-state index contributed by atoms with van der Waals surface area (Å²) in [6.07, 6.45) is 7.57. The van der Waals surface area contributed by atoms with Gasteiger partial charge in [-0.3, -0.25) is 9.59 Å². The van der Waals surface area contributed by atoms with Crippen LogP contribution in [0.2, 0.25) is 0 Å². The van der Waals surface area contributed by atoms with Gasteiger partial charge in [0.1, 0.15) is 0 Å². The predicted octanol–water partition coefficient (Wildman–Crippen LogP) is 2.56. The number of carboxylic acids is 1. The van der Waals surface area contributed by atoms with Gasteiger partial charge in [0, 0.05) is 18.7 Å². The SMILES string of the molecule is O=C(CCc1cnn(-c2ccccc2)c1)NC1CCC(C(=O)O)CC1. The van der Waals surface area contributed by atoms with Gasteiger partial charge in [-0.25, -0.2) is 4.68 Å². The van der Waals surface area contributed by atoms with E-state index >= 15 is 0 Å². The Kier molecular flexibility index (Phi) is 5.48. The predicted molar refractivity (Wildman–Crippen MR) is 93.4 cm³/mol. The van der Waals surface area contributed by atoms with Gasteiger partial charge in [-0.2, -0.15) is 5.10 Å². The third-order valence-corrected chi connectivity index (χ3v) is 4.74. The lowest BCUT2D eigenvalue weighted by Gasteiger charge is -2.26. The van der Waals surface area contributed by atoms with Crippen LogP contribution in [0.25, 0.3) is 5.69 Å². The number of benzene rings is 1. The van der Waals surface area contributed by atoms with E-state index in [1.165, 1.54) is 0 Å². The summed E-state index contributed by atoms with van der Waals surface area (Å²) in [6.45, 7) is 0. The molecule has 1 aliphatic carbocycles. The number of aryl methyl sites for hydroxylation is 1. The van der Waals surface area contributed by atoms with Gasteiger partial charge < -0.3 is 10.4 Å². The minimum Gasteiger partial charge on any atom is -0.481 e. The second kappa shape index (κ2) is 7.96. The van der Waals surface area contributed by atoms with Crippen LogP contribution < -0.4 is 5.32 Å². The molecular weight excluding hydrogens is 318 g/mol. The number of aromatic nitrogens is 2. The number of amides is 1. The van der Waals surface area contributed by atoms with Gasteiger partial charge in [0.15, 0.2) is 0 Å². The number of nitrogens with one attached hydrogen (secondary N) is 1. The third-order valence-electron chi connectivity index (χ3n) is 4.74. The zero-order valence-corrected chi connectivity index (χ0v) is 14.1. The van der Waals surface area contributed by atoms with Crippen molar-refractivity contribution in [3.8, 4) is 5.69 Å². The number of carbonyl (C=O) groups excluding carboxylic acids is 1. The molecule has 2 N–H and O–H groups in total. The minimum absolute atomic E-state index is 0.0197. The van der Waals surface area contributed by atoms with Gasteiger partial charge in [-0.15, -0.1) is 0 Å². The number of carboxylic acid groups (broad SMARTS) is 1. The lowest BCUT2D eigenvalue weighted by Crippen LogP contribution is -2.38. The second-order valence-corrected chi connectivity index (χ2v) is 6.58. The van der Waals surface area contributed by atoms with Gasteiger partial charge in [-0.05, 0) is 49.8 Å². The highest BCUT2D eigenvalue weighted by molar-refractivity contribution is 5.76. The standard InChI is InChI=1S/C19H23N3O3/c23-18(21-16-9-7-15(8-10-16)19(24)25)11-6-14-12-20-22(13-14)17-4-2-1-3-5-17/h1-5,12-13,15-16H,6-11H2,(H,21,23)(H,24,25). The van der Waals surface area contributed by atoms with Crippen molar-refractivity contribution in [2.45, 2.75) is 44.6 Å². The van der Waals surface area contributed by atoms with Crippen LogP contribution in [-0.2, 0) is 16.0 Å². The highest BCUT2D eigenvalue weighted by Gasteiger charge is 2.26. The van der Waals surface area contributed by atoms with E-state index in [4.69, 9.17) is 5.11 Å². The number of aliphatic carboxylic acids is 1. The third kappa shape index (κ3) is 4.68. The van der Waals surface area contributed by atoms with Gasteiger partial charge in [-0.1, -0.05) is 18.2 Å². The molecule has 0 spiro atoms. The van der Waals surface area contributed by atoms with Crippen molar-refractivity contribution >= 4 is 11.9 Å². The summed E-state index contributed by atoms with van der Waals surface area (Å²) in [6, 6.07) is 9.96.